The first kappa shape index (κ1) is 20.5. The van der Waals surface area contributed by atoms with Crippen molar-refractivity contribution in [1.29, 1.82) is 0 Å². The van der Waals surface area contributed by atoms with Crippen molar-refractivity contribution in [2.24, 2.45) is 0 Å². The van der Waals surface area contributed by atoms with Crippen molar-refractivity contribution in [3.8, 4) is 5.75 Å². The van der Waals surface area contributed by atoms with E-state index >= 15 is 0 Å². The number of rotatable bonds is 4. The summed E-state index contributed by atoms with van der Waals surface area (Å²) >= 11 is 0. The van der Waals surface area contributed by atoms with Crippen LogP contribution < -0.4 is 10.1 Å². The molecule has 2 unspecified atom stereocenters. The lowest BCUT2D eigenvalue weighted by Crippen LogP contribution is -2.50. The molecule has 0 spiro atoms. The largest absolute Gasteiger partial charge is 0.573 e. The highest BCUT2D eigenvalue weighted by Gasteiger charge is 2.39. The van der Waals surface area contributed by atoms with Gasteiger partial charge in [0.15, 0.2) is 0 Å². The molecule has 0 saturated carbocycles. The van der Waals surface area contributed by atoms with Gasteiger partial charge in [-0.25, -0.2) is 14.6 Å². The number of hydrogen-bond donors (Lipinski definition) is 2. The Kier molecular flexibility index (Phi) is 5.66. The maximum atomic E-state index is 12.9. The number of fused-ring (bicyclic) bond motifs is 1. The summed E-state index contributed by atoms with van der Waals surface area (Å²) < 4.78 is 47.4. The SMILES string of the molecule is COC(=O)C(C)NC(=O)N1CCc2[nH]cnc2C1c1ccccc1OC(F)(F)F. The Labute approximate surface area is 164 Å². The molecule has 0 bridgehead atoms. The minimum Gasteiger partial charge on any atom is -0.467 e. The molecule has 2 N–H and O–H groups in total. The first-order chi connectivity index (χ1) is 13.7. The summed E-state index contributed by atoms with van der Waals surface area (Å²) in [6.45, 7) is 1.64. The van der Waals surface area contributed by atoms with Crippen LogP contribution in [-0.4, -0.2) is 52.9 Å². The van der Waals surface area contributed by atoms with Gasteiger partial charge in [0.05, 0.1) is 19.1 Å². The van der Waals surface area contributed by atoms with E-state index in [9.17, 15) is 22.8 Å². The van der Waals surface area contributed by atoms with Crippen LogP contribution in [0, 0.1) is 0 Å². The fourth-order valence-electron chi connectivity index (χ4n) is 3.24. The van der Waals surface area contributed by atoms with Gasteiger partial charge in [0.1, 0.15) is 17.8 Å². The van der Waals surface area contributed by atoms with Gasteiger partial charge in [0.2, 0.25) is 0 Å². The number of halogens is 3. The summed E-state index contributed by atoms with van der Waals surface area (Å²) in [5.74, 6) is -1.08. The molecule has 1 aromatic carbocycles. The average Bonchev–Trinajstić information content (AvgIpc) is 3.14. The number of amides is 2. The topological polar surface area (TPSA) is 96.6 Å². The molecule has 156 valence electrons. The molecule has 2 amide bonds. The zero-order valence-electron chi connectivity index (χ0n) is 15.6. The Hall–Kier alpha value is -3.24. The quantitative estimate of drug-likeness (QED) is 0.753. The number of para-hydroxylation sites is 1. The smallest absolute Gasteiger partial charge is 0.467 e. The lowest BCUT2D eigenvalue weighted by atomic mass is 9.95. The number of ether oxygens (including phenoxy) is 2. The van der Waals surface area contributed by atoms with E-state index in [0.717, 1.165) is 0 Å². The number of alkyl halides is 3. The summed E-state index contributed by atoms with van der Waals surface area (Å²) in [6, 6.07) is 3.07. The van der Waals surface area contributed by atoms with E-state index in [-0.39, 0.29) is 12.1 Å². The molecule has 8 nitrogen and oxygen atoms in total. The van der Waals surface area contributed by atoms with Gasteiger partial charge in [-0.15, -0.1) is 13.2 Å². The number of imidazole rings is 1. The number of aromatic nitrogens is 2. The zero-order valence-corrected chi connectivity index (χ0v) is 15.6. The van der Waals surface area contributed by atoms with E-state index in [4.69, 9.17) is 0 Å². The Bertz CT molecular complexity index is 899. The summed E-state index contributed by atoms with van der Waals surface area (Å²) in [4.78, 5) is 33.0. The lowest BCUT2D eigenvalue weighted by Gasteiger charge is -2.36. The van der Waals surface area contributed by atoms with Crippen molar-refractivity contribution < 1.29 is 32.2 Å². The summed E-state index contributed by atoms with van der Waals surface area (Å²) in [6.07, 6.45) is -3.05. The van der Waals surface area contributed by atoms with Crippen molar-refractivity contribution in [2.45, 2.75) is 31.8 Å². The fraction of sp³-hybridized carbons (Fsp3) is 0.389. The second-order valence-electron chi connectivity index (χ2n) is 6.39. The van der Waals surface area contributed by atoms with Crippen molar-refractivity contribution in [3.63, 3.8) is 0 Å². The minimum absolute atomic E-state index is 0.124. The summed E-state index contributed by atoms with van der Waals surface area (Å²) in [7, 11) is 1.19. The third-order valence-electron chi connectivity index (χ3n) is 4.52. The molecule has 1 aliphatic rings. The maximum absolute atomic E-state index is 12.9. The molecule has 1 aliphatic heterocycles. The Morgan fingerprint density at radius 1 is 1.34 bits per heavy atom. The third kappa shape index (κ3) is 4.44. The normalized spacial score (nSPS) is 17.3. The molecule has 11 heteroatoms. The minimum atomic E-state index is -4.90. The first-order valence-electron chi connectivity index (χ1n) is 8.73. The number of H-pyrrole nitrogens is 1. The Morgan fingerprint density at radius 2 is 2.07 bits per heavy atom. The molecule has 0 saturated heterocycles. The van der Waals surface area contributed by atoms with Crippen LogP contribution in [-0.2, 0) is 16.0 Å². The zero-order chi connectivity index (χ0) is 21.2. The van der Waals surface area contributed by atoms with Gasteiger partial charge in [-0.1, -0.05) is 18.2 Å². The highest BCUT2D eigenvalue weighted by molar-refractivity contribution is 5.83. The van der Waals surface area contributed by atoms with E-state index in [0.29, 0.717) is 17.8 Å². The number of nitrogens with one attached hydrogen (secondary N) is 2. The van der Waals surface area contributed by atoms with Crippen LogP contribution >= 0.6 is 0 Å². The fourth-order valence-corrected chi connectivity index (χ4v) is 3.24. The van der Waals surface area contributed by atoms with Crippen LogP contribution in [0.25, 0.3) is 0 Å². The standard InChI is InChI=1S/C18H19F3N4O4/c1-10(16(26)28-2)24-17(27)25-8-7-12-14(23-9-22-12)15(25)11-5-3-4-6-13(11)29-18(19,20)21/h3-6,9-10,15H,7-8H2,1-2H3,(H,22,23)(H,24,27). The predicted octanol–water partition coefficient (Wildman–Crippen LogP) is 2.53. The van der Waals surface area contributed by atoms with E-state index < -0.39 is 36.2 Å². The number of benzene rings is 1. The average molecular weight is 412 g/mol. The molecule has 2 atom stereocenters. The first-order valence-corrected chi connectivity index (χ1v) is 8.73. The molecular weight excluding hydrogens is 393 g/mol. The van der Waals surface area contributed by atoms with Crippen molar-refractivity contribution in [2.75, 3.05) is 13.7 Å². The van der Waals surface area contributed by atoms with Crippen LogP contribution in [0.15, 0.2) is 30.6 Å². The van der Waals surface area contributed by atoms with Crippen LogP contribution in [0.5, 0.6) is 5.75 Å². The van der Waals surface area contributed by atoms with Crippen LogP contribution in [0.2, 0.25) is 0 Å². The highest BCUT2D eigenvalue weighted by atomic mass is 19.4. The molecule has 0 aliphatic carbocycles. The number of urea groups is 1. The number of carbonyl (C=O) groups excluding carboxylic acids is 2. The van der Waals surface area contributed by atoms with E-state index in [1.165, 1.54) is 43.5 Å². The number of hydrogen-bond acceptors (Lipinski definition) is 5. The van der Waals surface area contributed by atoms with Gasteiger partial charge in [-0.3, -0.25) is 0 Å². The third-order valence-corrected chi connectivity index (χ3v) is 4.52. The van der Waals surface area contributed by atoms with Gasteiger partial charge in [-0.2, -0.15) is 0 Å². The van der Waals surface area contributed by atoms with Gasteiger partial charge >= 0.3 is 18.4 Å². The number of aromatic amines is 1. The number of nitrogens with zero attached hydrogens (tertiary/aromatic N) is 2. The number of carbonyl (C=O) groups is 2. The van der Waals surface area contributed by atoms with E-state index in [1.807, 2.05) is 0 Å². The number of esters is 1. The van der Waals surface area contributed by atoms with Crippen molar-refractivity contribution in [1.82, 2.24) is 20.2 Å². The monoisotopic (exact) mass is 412 g/mol. The second kappa shape index (κ2) is 8.02. The van der Waals surface area contributed by atoms with Gasteiger partial charge < -0.3 is 24.7 Å². The highest BCUT2D eigenvalue weighted by Crippen LogP contribution is 2.39. The molecule has 0 radical (unpaired) electrons. The Balaban J connectivity index is 1.99. The molecule has 1 aromatic heterocycles. The van der Waals surface area contributed by atoms with Crippen LogP contribution in [0.4, 0.5) is 18.0 Å². The second-order valence-corrected chi connectivity index (χ2v) is 6.39. The van der Waals surface area contributed by atoms with E-state index in [1.54, 1.807) is 6.07 Å². The molecule has 2 heterocycles. The lowest BCUT2D eigenvalue weighted by molar-refractivity contribution is -0.275. The Morgan fingerprint density at radius 3 is 2.76 bits per heavy atom. The van der Waals surface area contributed by atoms with Gasteiger partial charge in [-0.05, 0) is 13.0 Å². The molecular formula is C18H19F3N4O4. The van der Waals surface area contributed by atoms with Crippen LogP contribution in [0.3, 0.4) is 0 Å². The van der Waals surface area contributed by atoms with Crippen LogP contribution in [0.1, 0.15) is 29.9 Å². The molecule has 29 heavy (non-hydrogen) atoms. The van der Waals surface area contributed by atoms with Crippen molar-refractivity contribution >= 4 is 12.0 Å². The van der Waals surface area contributed by atoms with Gasteiger partial charge in [0, 0.05) is 24.2 Å². The van der Waals surface area contributed by atoms with E-state index in [2.05, 4.69) is 24.8 Å². The predicted molar refractivity (Wildman–Crippen MR) is 94.0 cm³/mol. The molecule has 3 rings (SSSR count). The van der Waals surface area contributed by atoms with Crippen molar-refractivity contribution in [3.05, 3.63) is 47.5 Å². The molecule has 2 aromatic rings. The number of methoxy groups -OCH3 is 1. The maximum Gasteiger partial charge on any atom is 0.573 e. The van der Waals surface area contributed by atoms with Gasteiger partial charge in [0.25, 0.3) is 0 Å². The molecule has 0 fully saturated rings. The summed E-state index contributed by atoms with van der Waals surface area (Å²) in [5.41, 5.74) is 1.25. The summed E-state index contributed by atoms with van der Waals surface area (Å²) in [5, 5.41) is 2.50.